The second-order valence-electron chi connectivity index (χ2n) is 9.60. The van der Waals surface area contributed by atoms with E-state index in [1.54, 1.807) is 0 Å². The summed E-state index contributed by atoms with van der Waals surface area (Å²) in [6, 6.07) is 5.24. The lowest BCUT2D eigenvalue weighted by Gasteiger charge is -2.26. The largest absolute Gasteiger partial charge is 0.490 e. The van der Waals surface area contributed by atoms with Gasteiger partial charge in [0.05, 0.1) is 12.2 Å². The first-order chi connectivity index (χ1) is 19.8. The minimum absolute atomic E-state index is 0.0776. The summed E-state index contributed by atoms with van der Waals surface area (Å²) in [5.74, 6) is -3.90. The van der Waals surface area contributed by atoms with E-state index in [0.717, 1.165) is 30.3 Å². The molecule has 0 aliphatic carbocycles. The molecule has 0 radical (unpaired) electrons. The molecule has 0 saturated heterocycles. The zero-order valence-corrected chi connectivity index (χ0v) is 23.4. The Labute approximate surface area is 241 Å². The highest BCUT2D eigenvalue weighted by Crippen LogP contribution is 2.31. The minimum atomic E-state index is -4.63. The van der Waals surface area contributed by atoms with Crippen LogP contribution in [0.4, 0.5) is 23.2 Å². The van der Waals surface area contributed by atoms with Gasteiger partial charge in [0, 0.05) is 50.3 Å². The van der Waals surface area contributed by atoms with Crippen LogP contribution in [0.3, 0.4) is 0 Å². The van der Waals surface area contributed by atoms with E-state index in [1.807, 2.05) is 6.92 Å². The third kappa shape index (κ3) is 9.96. The third-order valence-electron chi connectivity index (χ3n) is 6.22. The number of nitrogens with one attached hydrogen (secondary N) is 2. The number of ether oxygens (including phenoxy) is 1. The van der Waals surface area contributed by atoms with E-state index in [2.05, 4.69) is 10.6 Å². The van der Waals surface area contributed by atoms with Crippen molar-refractivity contribution in [3.63, 3.8) is 0 Å². The Morgan fingerprint density at radius 2 is 1.64 bits per heavy atom. The van der Waals surface area contributed by atoms with Crippen molar-refractivity contribution >= 4 is 23.4 Å². The maximum absolute atomic E-state index is 14.1. The van der Waals surface area contributed by atoms with Crippen LogP contribution in [0.15, 0.2) is 42.5 Å². The number of hydrogen-bond acceptors (Lipinski definition) is 7. The molecule has 0 aliphatic rings. The van der Waals surface area contributed by atoms with Crippen molar-refractivity contribution < 1.29 is 41.8 Å². The van der Waals surface area contributed by atoms with Gasteiger partial charge in [-0.05, 0) is 36.2 Å². The van der Waals surface area contributed by atoms with Crippen LogP contribution in [0.2, 0.25) is 0 Å². The number of rotatable bonds is 15. The predicted octanol–water partition coefficient (Wildman–Crippen LogP) is 2.56. The Balaban J connectivity index is 2.31. The quantitative estimate of drug-likeness (QED) is 0.197. The zero-order chi connectivity index (χ0) is 31.4. The minimum Gasteiger partial charge on any atom is -0.490 e. The molecule has 2 aromatic rings. The van der Waals surface area contributed by atoms with Crippen LogP contribution >= 0.6 is 0 Å². The summed E-state index contributed by atoms with van der Waals surface area (Å²) in [6.45, 7) is 4.29. The molecule has 14 heteroatoms. The molecule has 3 amide bonds. The van der Waals surface area contributed by atoms with Gasteiger partial charge in [0.15, 0.2) is 11.6 Å². The van der Waals surface area contributed by atoms with E-state index in [-0.39, 0.29) is 56.2 Å². The van der Waals surface area contributed by atoms with Crippen molar-refractivity contribution in [1.29, 1.82) is 0 Å². The number of benzene rings is 2. The number of anilines is 1. The van der Waals surface area contributed by atoms with E-state index < -0.39 is 53.3 Å². The van der Waals surface area contributed by atoms with E-state index in [0.29, 0.717) is 6.42 Å². The Morgan fingerprint density at radius 1 is 1.02 bits per heavy atom. The second kappa shape index (κ2) is 16.0. The number of nitrogens with zero attached hydrogens (tertiary/aromatic N) is 1. The van der Waals surface area contributed by atoms with Gasteiger partial charge >= 0.3 is 6.18 Å². The Hall–Kier alpha value is -3.75. The first-order valence-electron chi connectivity index (χ1n) is 13.4. The fourth-order valence-corrected chi connectivity index (χ4v) is 3.93. The van der Waals surface area contributed by atoms with E-state index in [4.69, 9.17) is 16.2 Å². The lowest BCUT2D eigenvalue weighted by molar-refractivity contribution is -0.138. The number of aliphatic hydroxyl groups excluding tert-OH is 1. The number of carbonyl (C=O) groups excluding carboxylic acids is 3. The van der Waals surface area contributed by atoms with Crippen molar-refractivity contribution in [1.82, 2.24) is 10.2 Å². The van der Waals surface area contributed by atoms with E-state index >= 15 is 0 Å². The fraction of sp³-hybridized carbons (Fsp3) is 0.464. The van der Waals surface area contributed by atoms with Gasteiger partial charge in [-0.15, -0.1) is 0 Å². The van der Waals surface area contributed by atoms with Gasteiger partial charge in [0.25, 0.3) is 0 Å². The molecular weight excluding hydrogens is 562 g/mol. The molecule has 7 N–H and O–H groups in total. The summed E-state index contributed by atoms with van der Waals surface area (Å²) < 4.78 is 58.6. The molecule has 0 aliphatic heterocycles. The summed E-state index contributed by atoms with van der Waals surface area (Å²) in [6.07, 6.45) is -6.08. The fourth-order valence-electron chi connectivity index (χ4n) is 3.93. The summed E-state index contributed by atoms with van der Waals surface area (Å²) in [7, 11) is 0. The highest BCUT2D eigenvalue weighted by atomic mass is 19.4. The van der Waals surface area contributed by atoms with Gasteiger partial charge in [-0.1, -0.05) is 26.0 Å². The van der Waals surface area contributed by atoms with Gasteiger partial charge in [0.2, 0.25) is 17.7 Å². The molecule has 2 aromatic carbocycles. The predicted molar refractivity (Wildman–Crippen MR) is 148 cm³/mol. The van der Waals surface area contributed by atoms with Gasteiger partial charge in [-0.25, -0.2) is 4.39 Å². The summed E-state index contributed by atoms with van der Waals surface area (Å²) in [4.78, 5) is 40.5. The molecule has 0 spiro atoms. The molecule has 42 heavy (non-hydrogen) atoms. The van der Waals surface area contributed by atoms with E-state index in [1.165, 1.54) is 24.0 Å². The Kier molecular flexibility index (Phi) is 13.2. The Bertz CT molecular complexity index is 1190. The first-order valence-corrected chi connectivity index (χ1v) is 13.4. The average Bonchev–Trinajstić information content (AvgIpc) is 2.95. The number of amides is 3. The SMILES string of the molecule is CCCOc1cc(NC(=O)C(NC(=O)C(C)CC(=O)N(CCN)CCN)C(O)c2ccc(C(F)(F)F)cc2)ccc1F. The molecule has 0 saturated carbocycles. The average molecular weight is 600 g/mol. The lowest BCUT2D eigenvalue weighted by Crippen LogP contribution is -2.50. The number of halogens is 4. The molecule has 0 bridgehead atoms. The summed E-state index contributed by atoms with van der Waals surface area (Å²) >= 11 is 0. The number of aliphatic hydroxyl groups is 1. The second-order valence-corrected chi connectivity index (χ2v) is 9.60. The molecule has 0 fully saturated rings. The van der Waals surface area contributed by atoms with Gasteiger partial charge < -0.3 is 36.8 Å². The maximum atomic E-state index is 14.1. The lowest BCUT2D eigenvalue weighted by atomic mass is 9.98. The molecular formula is C28H37F4N5O5. The number of carbonyl (C=O) groups is 3. The molecule has 0 aromatic heterocycles. The van der Waals surface area contributed by atoms with Crippen molar-refractivity contribution in [3.8, 4) is 5.75 Å². The standard InChI is InChI=1S/C28H37F4N5O5/c1-3-14-42-22-16-20(8-9-21(22)29)35-27(41)24(25(39)18-4-6-19(7-5-18)28(30,31)32)36-26(40)17(2)15-23(38)37(12-10-33)13-11-34/h4-9,16-17,24-25,39H,3,10-15,33-34H2,1-2H3,(H,35,41)(H,36,40). The third-order valence-corrected chi connectivity index (χ3v) is 6.22. The summed E-state index contributed by atoms with van der Waals surface area (Å²) in [5.41, 5.74) is 10.1. The topological polar surface area (TPSA) is 160 Å². The molecule has 0 heterocycles. The Morgan fingerprint density at radius 3 is 2.19 bits per heavy atom. The van der Waals surface area contributed by atoms with Gasteiger partial charge in [-0.3, -0.25) is 14.4 Å². The maximum Gasteiger partial charge on any atom is 0.416 e. The molecule has 3 unspecified atom stereocenters. The molecule has 2 rings (SSSR count). The van der Waals surface area contributed by atoms with Crippen molar-refractivity contribution in [2.24, 2.45) is 17.4 Å². The van der Waals surface area contributed by atoms with Crippen LogP contribution in [0.5, 0.6) is 5.75 Å². The number of alkyl halides is 3. The number of hydrogen-bond donors (Lipinski definition) is 5. The van der Waals surface area contributed by atoms with Crippen LogP contribution in [-0.2, 0) is 20.6 Å². The van der Waals surface area contributed by atoms with Crippen LogP contribution < -0.4 is 26.8 Å². The van der Waals surface area contributed by atoms with Crippen LogP contribution in [0.25, 0.3) is 0 Å². The van der Waals surface area contributed by atoms with E-state index in [9.17, 15) is 37.1 Å². The number of nitrogens with two attached hydrogens (primary N) is 2. The van der Waals surface area contributed by atoms with Crippen LogP contribution in [-0.4, -0.2) is 66.6 Å². The molecule has 3 atom stereocenters. The molecule has 232 valence electrons. The molecule has 10 nitrogen and oxygen atoms in total. The highest BCUT2D eigenvalue weighted by molar-refractivity contribution is 5.98. The monoisotopic (exact) mass is 599 g/mol. The van der Waals surface area contributed by atoms with Crippen LogP contribution in [0.1, 0.15) is 43.9 Å². The summed E-state index contributed by atoms with van der Waals surface area (Å²) in [5, 5.41) is 15.9. The van der Waals surface area contributed by atoms with Crippen molar-refractivity contribution in [3.05, 3.63) is 59.4 Å². The zero-order valence-electron chi connectivity index (χ0n) is 23.4. The first kappa shape index (κ1) is 34.5. The van der Waals surface area contributed by atoms with Gasteiger partial charge in [-0.2, -0.15) is 13.2 Å². The highest BCUT2D eigenvalue weighted by Gasteiger charge is 2.34. The van der Waals surface area contributed by atoms with Crippen molar-refractivity contribution in [2.45, 2.75) is 45.0 Å². The van der Waals surface area contributed by atoms with Crippen LogP contribution in [0, 0.1) is 11.7 Å². The van der Waals surface area contributed by atoms with Crippen molar-refractivity contribution in [2.75, 3.05) is 38.1 Å². The smallest absolute Gasteiger partial charge is 0.416 e. The van der Waals surface area contributed by atoms with Gasteiger partial charge in [0.1, 0.15) is 12.1 Å². The normalized spacial score (nSPS) is 13.5.